The van der Waals surface area contributed by atoms with Gasteiger partial charge in [0, 0.05) is 6.61 Å². The van der Waals surface area contributed by atoms with Crippen molar-refractivity contribution in [2.24, 2.45) is 0 Å². The predicted molar refractivity (Wildman–Crippen MR) is 157 cm³/mol. The second kappa shape index (κ2) is 16.3. The monoisotopic (exact) mass is 682 g/mol. The molecule has 1 aliphatic heterocycles. The average Bonchev–Trinajstić information content (AvgIpc) is 3.03. The zero-order valence-electron chi connectivity index (χ0n) is 26.3. The largest absolute Gasteiger partial charge is 0.484 e. The molecule has 264 valence electrons. The third-order valence-corrected chi connectivity index (χ3v) is 8.47. The van der Waals surface area contributed by atoms with E-state index in [0.717, 1.165) is 37.7 Å². The van der Waals surface area contributed by atoms with Gasteiger partial charge in [0.25, 0.3) is 0 Å². The summed E-state index contributed by atoms with van der Waals surface area (Å²) in [5.74, 6) is 0.537. The SMILES string of the molecule is CCCCCc1ccc(C2CCC(c3ccc(OCC(F)(F)OC(F)(F)C(F)(F)OC(F)(F)COC4CCCCO4)cc3)CC2)cc1. The molecule has 0 amide bonds. The van der Waals surface area contributed by atoms with Crippen LogP contribution in [-0.2, 0) is 25.4 Å². The molecule has 0 aromatic heterocycles. The molecule has 1 unspecified atom stereocenters. The van der Waals surface area contributed by atoms with Gasteiger partial charge in [0.15, 0.2) is 12.9 Å². The summed E-state index contributed by atoms with van der Waals surface area (Å²) in [5.41, 5.74) is 3.61. The number of aryl methyl sites for hydroxylation is 1. The van der Waals surface area contributed by atoms with Gasteiger partial charge in [-0.25, -0.2) is 9.47 Å². The molecule has 1 aliphatic carbocycles. The summed E-state index contributed by atoms with van der Waals surface area (Å²) in [6.07, 6.45) is -13.6. The van der Waals surface area contributed by atoms with Gasteiger partial charge in [-0.05, 0) is 98.4 Å². The van der Waals surface area contributed by atoms with Crippen molar-refractivity contribution in [1.29, 1.82) is 0 Å². The zero-order valence-corrected chi connectivity index (χ0v) is 26.3. The summed E-state index contributed by atoms with van der Waals surface area (Å²) in [4.78, 5) is 0. The molecule has 2 aromatic carbocycles. The van der Waals surface area contributed by atoms with Gasteiger partial charge in [0.05, 0.1) is 0 Å². The van der Waals surface area contributed by atoms with Crippen LogP contribution in [0.3, 0.4) is 0 Å². The Hall–Kier alpha value is -2.48. The van der Waals surface area contributed by atoms with Crippen LogP contribution in [0.1, 0.15) is 99.7 Å². The van der Waals surface area contributed by atoms with Crippen LogP contribution in [0.4, 0.5) is 35.1 Å². The highest BCUT2D eigenvalue weighted by Crippen LogP contribution is 2.44. The van der Waals surface area contributed by atoms with E-state index in [9.17, 15) is 35.1 Å². The molecule has 5 nitrogen and oxygen atoms in total. The van der Waals surface area contributed by atoms with Crippen LogP contribution < -0.4 is 4.74 Å². The van der Waals surface area contributed by atoms with Gasteiger partial charge < -0.3 is 14.2 Å². The van der Waals surface area contributed by atoms with Crippen molar-refractivity contribution in [3.05, 3.63) is 65.2 Å². The number of alkyl halides is 8. The molecule has 1 saturated heterocycles. The Balaban J connectivity index is 1.22. The molecule has 4 rings (SSSR count). The van der Waals surface area contributed by atoms with E-state index in [1.165, 1.54) is 42.5 Å². The van der Waals surface area contributed by atoms with Crippen LogP contribution in [0.2, 0.25) is 0 Å². The number of unbranched alkanes of at least 4 members (excludes halogenated alkanes) is 2. The maximum Gasteiger partial charge on any atom is 0.453 e. The average molecular weight is 683 g/mol. The fourth-order valence-electron chi connectivity index (χ4n) is 5.88. The molecule has 0 bridgehead atoms. The molecule has 2 aromatic rings. The van der Waals surface area contributed by atoms with Crippen molar-refractivity contribution in [2.75, 3.05) is 19.8 Å². The molecule has 0 spiro atoms. The second-order valence-corrected chi connectivity index (χ2v) is 12.2. The van der Waals surface area contributed by atoms with E-state index in [1.54, 1.807) is 12.1 Å². The van der Waals surface area contributed by atoms with Crippen molar-refractivity contribution in [3.8, 4) is 5.75 Å². The smallest absolute Gasteiger partial charge is 0.453 e. The second-order valence-electron chi connectivity index (χ2n) is 12.2. The Kier molecular flexibility index (Phi) is 12.9. The molecule has 1 atom stereocenters. The number of rotatable bonds is 17. The van der Waals surface area contributed by atoms with Crippen molar-refractivity contribution < 1.29 is 58.8 Å². The first kappa shape index (κ1) is 37.3. The summed E-state index contributed by atoms with van der Waals surface area (Å²) in [5, 5.41) is 0. The van der Waals surface area contributed by atoms with E-state index in [4.69, 9.17) is 9.47 Å². The van der Waals surface area contributed by atoms with E-state index in [2.05, 4.69) is 45.4 Å². The minimum Gasteiger partial charge on any atom is -0.484 e. The summed E-state index contributed by atoms with van der Waals surface area (Å²) in [6.45, 7) is -1.40. The van der Waals surface area contributed by atoms with Crippen molar-refractivity contribution in [3.63, 3.8) is 0 Å². The van der Waals surface area contributed by atoms with Crippen LogP contribution in [0.15, 0.2) is 48.5 Å². The standard InChI is InChI=1S/C34H42F8O5/c1-2-3-4-7-24-9-11-25(12-10-24)26-13-15-27(16-14-26)28-17-19-29(20-18-28)44-22-31(35,36)46-33(39,40)34(41,42)47-32(37,38)23-45-30-8-5-6-21-43-30/h9-12,17-20,26-27,30H,2-8,13-16,21-23H2,1H3. The van der Waals surface area contributed by atoms with Gasteiger partial charge in [0.2, 0.25) is 0 Å². The molecule has 2 aliphatic rings. The maximum atomic E-state index is 14.2. The fourth-order valence-corrected chi connectivity index (χ4v) is 5.88. The third kappa shape index (κ3) is 11.3. The summed E-state index contributed by atoms with van der Waals surface area (Å²) < 4.78 is 132. The lowest BCUT2D eigenvalue weighted by atomic mass is 9.76. The number of benzene rings is 2. The number of halogens is 8. The highest BCUT2D eigenvalue weighted by atomic mass is 19.3. The highest BCUT2D eigenvalue weighted by Gasteiger charge is 2.67. The normalized spacial score (nSPS) is 21.5. The summed E-state index contributed by atoms with van der Waals surface area (Å²) >= 11 is 0. The van der Waals surface area contributed by atoms with Gasteiger partial charge in [0.1, 0.15) is 12.4 Å². The van der Waals surface area contributed by atoms with Crippen LogP contribution in [0, 0.1) is 0 Å². The molecule has 47 heavy (non-hydrogen) atoms. The molecule has 13 heteroatoms. The van der Waals surface area contributed by atoms with Gasteiger partial charge in [-0.1, -0.05) is 56.2 Å². The van der Waals surface area contributed by atoms with E-state index >= 15 is 0 Å². The first-order chi connectivity index (χ1) is 22.2. The maximum absolute atomic E-state index is 14.2. The third-order valence-electron chi connectivity index (χ3n) is 8.47. The molecule has 0 N–H and O–H groups in total. The van der Waals surface area contributed by atoms with Crippen LogP contribution >= 0.6 is 0 Å². The first-order valence-corrected chi connectivity index (χ1v) is 16.1. The Morgan fingerprint density at radius 1 is 0.660 bits per heavy atom. The Morgan fingerprint density at radius 3 is 1.70 bits per heavy atom. The lowest BCUT2D eigenvalue weighted by Crippen LogP contribution is -2.53. The minimum absolute atomic E-state index is 0.148. The highest BCUT2D eigenvalue weighted by molar-refractivity contribution is 5.31. The fraction of sp³-hybridized carbons (Fsp3) is 0.647. The molecule has 1 heterocycles. The van der Waals surface area contributed by atoms with E-state index in [0.29, 0.717) is 18.8 Å². The molecular weight excluding hydrogens is 640 g/mol. The molecule has 1 saturated carbocycles. The lowest BCUT2D eigenvalue weighted by molar-refractivity contribution is -0.516. The summed E-state index contributed by atoms with van der Waals surface area (Å²) in [7, 11) is 0. The van der Waals surface area contributed by atoms with Gasteiger partial charge >= 0.3 is 24.4 Å². The van der Waals surface area contributed by atoms with E-state index < -0.39 is 43.9 Å². The Labute approximate surface area is 269 Å². The van der Waals surface area contributed by atoms with Crippen molar-refractivity contribution >= 4 is 0 Å². The first-order valence-electron chi connectivity index (χ1n) is 16.1. The summed E-state index contributed by atoms with van der Waals surface area (Å²) in [6, 6.07) is 14.9. The topological polar surface area (TPSA) is 46.2 Å². The van der Waals surface area contributed by atoms with Crippen LogP contribution in [-0.4, -0.2) is 50.5 Å². The zero-order chi connectivity index (χ0) is 34.1. The van der Waals surface area contributed by atoms with Crippen molar-refractivity contribution in [1.82, 2.24) is 0 Å². The van der Waals surface area contributed by atoms with Crippen LogP contribution in [0.25, 0.3) is 0 Å². The van der Waals surface area contributed by atoms with Crippen molar-refractivity contribution in [2.45, 2.75) is 120 Å². The van der Waals surface area contributed by atoms with E-state index in [1.807, 2.05) is 0 Å². The number of ether oxygens (including phenoxy) is 5. The lowest BCUT2D eigenvalue weighted by Gasteiger charge is -2.32. The van der Waals surface area contributed by atoms with Gasteiger partial charge in [-0.3, -0.25) is 0 Å². The Morgan fingerprint density at radius 2 is 1.19 bits per heavy atom. The number of hydrogen-bond donors (Lipinski definition) is 0. The Bertz CT molecular complexity index is 1210. The quantitative estimate of drug-likeness (QED) is 0.123. The molecule has 2 fully saturated rings. The minimum atomic E-state index is -6.15. The van der Waals surface area contributed by atoms with Crippen LogP contribution in [0.5, 0.6) is 5.75 Å². The predicted octanol–water partition coefficient (Wildman–Crippen LogP) is 10.2. The van der Waals surface area contributed by atoms with E-state index in [-0.39, 0.29) is 24.7 Å². The number of hydrogen-bond acceptors (Lipinski definition) is 5. The molecule has 0 radical (unpaired) electrons. The molecular formula is C34H42F8O5. The van der Waals surface area contributed by atoms with Gasteiger partial charge in [-0.2, -0.15) is 35.1 Å². The van der Waals surface area contributed by atoms with Gasteiger partial charge in [-0.15, -0.1) is 0 Å².